The Labute approximate surface area is 195 Å². The van der Waals surface area contributed by atoms with Crippen LogP contribution in [0.4, 0.5) is 5.69 Å². The van der Waals surface area contributed by atoms with E-state index in [2.05, 4.69) is 24.1 Å². The smallest absolute Gasteiger partial charge is 0.269 e. The average molecular weight is 457 g/mol. The number of rotatable bonds is 10. The molecule has 33 heavy (non-hydrogen) atoms. The van der Waals surface area contributed by atoms with Gasteiger partial charge in [0.1, 0.15) is 0 Å². The van der Waals surface area contributed by atoms with Crippen molar-refractivity contribution in [1.29, 1.82) is 0 Å². The monoisotopic (exact) mass is 456 g/mol. The summed E-state index contributed by atoms with van der Waals surface area (Å²) in [5.74, 6) is 1.84. The Balaban J connectivity index is 1.45. The summed E-state index contributed by atoms with van der Waals surface area (Å²) in [7, 11) is 0. The first kappa shape index (κ1) is 23.7. The molecule has 1 aromatic rings. The molecule has 0 aliphatic heterocycles. The molecular weight excluding hydrogens is 420 g/mol. The van der Waals surface area contributed by atoms with E-state index in [1.54, 1.807) is 4.90 Å². The molecule has 1 aromatic carbocycles. The third kappa shape index (κ3) is 5.37. The van der Waals surface area contributed by atoms with Gasteiger partial charge in [0.2, 0.25) is 5.91 Å². The first-order valence-electron chi connectivity index (χ1n) is 12.4. The average Bonchev–Trinajstić information content (AvgIpc) is 2.77. The van der Waals surface area contributed by atoms with Gasteiger partial charge in [-0.3, -0.25) is 19.7 Å². The number of hydrogen-bond acceptors (Lipinski definition) is 5. The number of hydrogen-bond donors (Lipinski definition) is 1. The van der Waals surface area contributed by atoms with Gasteiger partial charge in [-0.05, 0) is 81.5 Å². The van der Waals surface area contributed by atoms with Crippen molar-refractivity contribution in [2.75, 3.05) is 32.7 Å². The Hall–Kier alpha value is -2.48. The minimum Gasteiger partial charge on any atom is -0.349 e. The molecule has 8 nitrogen and oxygen atoms in total. The second-order valence-electron chi connectivity index (χ2n) is 10.3. The van der Waals surface area contributed by atoms with Crippen molar-refractivity contribution in [3.05, 3.63) is 39.9 Å². The number of likely N-dealkylation sites (N-methyl/N-ethyl adjacent to an activating group) is 1. The highest BCUT2D eigenvalue weighted by Gasteiger charge is 2.51. The van der Waals surface area contributed by atoms with Gasteiger partial charge >= 0.3 is 0 Å². The van der Waals surface area contributed by atoms with Crippen molar-refractivity contribution in [1.82, 2.24) is 15.1 Å². The van der Waals surface area contributed by atoms with Crippen molar-refractivity contribution in [2.45, 2.75) is 57.9 Å². The van der Waals surface area contributed by atoms with Crippen molar-refractivity contribution in [3.63, 3.8) is 0 Å². The molecule has 1 N–H and O–H groups in total. The summed E-state index contributed by atoms with van der Waals surface area (Å²) in [6.07, 6.45) is 7.14. The standard InChI is InChI=1S/C25H36N4O4/c1-3-27(4-2)9-10-28(24(31)21-5-7-22(8-6-21)29(32)33)17-23(30)26-25-14-18-11-19(15-25)13-20(12-18)16-25/h5-8,18-20H,3-4,9-17H2,1-2H3,(H,26,30). The third-order valence-electron chi connectivity index (χ3n) is 7.97. The first-order chi connectivity index (χ1) is 15.8. The number of nitro benzene ring substituents is 1. The molecule has 4 bridgehead atoms. The second kappa shape index (κ2) is 9.79. The summed E-state index contributed by atoms with van der Waals surface area (Å²) in [4.78, 5) is 40.8. The van der Waals surface area contributed by atoms with E-state index in [-0.39, 0.29) is 29.6 Å². The van der Waals surface area contributed by atoms with Gasteiger partial charge in [-0.15, -0.1) is 0 Å². The normalized spacial score (nSPS) is 27.5. The third-order valence-corrected chi connectivity index (χ3v) is 7.97. The largest absolute Gasteiger partial charge is 0.349 e. The molecule has 0 radical (unpaired) electrons. The van der Waals surface area contributed by atoms with Crippen LogP contribution in [-0.2, 0) is 4.79 Å². The SMILES string of the molecule is CCN(CC)CCN(CC(=O)NC12CC3CC(CC(C3)C1)C2)C(=O)c1ccc([N+](=O)[O-])cc1. The molecule has 0 atom stereocenters. The van der Waals surface area contributed by atoms with Gasteiger partial charge in [0.25, 0.3) is 11.6 Å². The lowest BCUT2D eigenvalue weighted by atomic mass is 9.53. The van der Waals surface area contributed by atoms with E-state index in [0.29, 0.717) is 18.7 Å². The number of nitrogens with one attached hydrogen (secondary N) is 1. The zero-order valence-corrected chi connectivity index (χ0v) is 19.8. The molecule has 0 unspecified atom stereocenters. The predicted octanol–water partition coefficient (Wildman–Crippen LogP) is 3.46. The van der Waals surface area contributed by atoms with E-state index in [1.807, 2.05) is 0 Å². The zero-order chi connectivity index (χ0) is 23.6. The molecule has 0 spiro atoms. The summed E-state index contributed by atoms with van der Waals surface area (Å²) >= 11 is 0. The summed E-state index contributed by atoms with van der Waals surface area (Å²) in [5, 5.41) is 14.3. The van der Waals surface area contributed by atoms with E-state index in [0.717, 1.165) is 50.1 Å². The Bertz CT molecular complexity index is 846. The van der Waals surface area contributed by atoms with Crippen LogP contribution in [0.5, 0.6) is 0 Å². The van der Waals surface area contributed by atoms with Crippen molar-refractivity contribution in [2.24, 2.45) is 17.8 Å². The van der Waals surface area contributed by atoms with E-state index in [9.17, 15) is 19.7 Å². The number of non-ortho nitro benzene ring substituents is 1. The summed E-state index contributed by atoms with van der Waals surface area (Å²) in [6.45, 7) is 7.02. The minimum absolute atomic E-state index is 0.0127. The van der Waals surface area contributed by atoms with Crippen LogP contribution in [0.15, 0.2) is 24.3 Å². The van der Waals surface area contributed by atoms with Crippen LogP contribution in [0.2, 0.25) is 0 Å². The Morgan fingerprint density at radius 1 is 1.00 bits per heavy atom. The molecule has 4 aliphatic carbocycles. The summed E-state index contributed by atoms with van der Waals surface area (Å²) < 4.78 is 0. The van der Waals surface area contributed by atoms with Crippen LogP contribution < -0.4 is 5.32 Å². The highest BCUT2D eigenvalue weighted by molar-refractivity contribution is 5.96. The maximum atomic E-state index is 13.3. The van der Waals surface area contributed by atoms with Crippen LogP contribution in [0.1, 0.15) is 62.7 Å². The van der Waals surface area contributed by atoms with E-state index in [4.69, 9.17) is 0 Å². The Kier molecular flexibility index (Phi) is 7.02. The molecule has 4 aliphatic rings. The zero-order valence-electron chi connectivity index (χ0n) is 19.8. The quantitative estimate of drug-likeness (QED) is 0.430. The van der Waals surface area contributed by atoms with Gasteiger partial charge in [-0.25, -0.2) is 0 Å². The van der Waals surface area contributed by atoms with Gasteiger partial charge in [0, 0.05) is 36.3 Å². The van der Waals surface area contributed by atoms with Crippen LogP contribution in [0.3, 0.4) is 0 Å². The van der Waals surface area contributed by atoms with Gasteiger partial charge in [0.15, 0.2) is 0 Å². The fourth-order valence-corrected chi connectivity index (χ4v) is 6.74. The number of carbonyl (C=O) groups excluding carboxylic acids is 2. The van der Waals surface area contributed by atoms with E-state index in [1.165, 1.54) is 43.5 Å². The molecule has 8 heteroatoms. The van der Waals surface area contributed by atoms with Crippen molar-refractivity contribution >= 4 is 17.5 Å². The van der Waals surface area contributed by atoms with Crippen LogP contribution >= 0.6 is 0 Å². The van der Waals surface area contributed by atoms with Gasteiger partial charge in [-0.2, -0.15) is 0 Å². The molecule has 5 rings (SSSR count). The van der Waals surface area contributed by atoms with Crippen molar-refractivity contribution in [3.8, 4) is 0 Å². The fraction of sp³-hybridized carbons (Fsp3) is 0.680. The predicted molar refractivity (Wildman–Crippen MR) is 126 cm³/mol. The number of nitrogens with zero attached hydrogens (tertiary/aromatic N) is 3. The molecule has 0 aromatic heterocycles. The van der Waals surface area contributed by atoms with Crippen molar-refractivity contribution < 1.29 is 14.5 Å². The van der Waals surface area contributed by atoms with Crippen LogP contribution in [0.25, 0.3) is 0 Å². The molecule has 0 saturated heterocycles. The summed E-state index contributed by atoms with van der Waals surface area (Å²) in [5.41, 5.74) is 0.218. The van der Waals surface area contributed by atoms with E-state index >= 15 is 0 Å². The van der Waals surface area contributed by atoms with Gasteiger partial charge in [0.05, 0.1) is 11.5 Å². The van der Waals surface area contributed by atoms with E-state index < -0.39 is 4.92 Å². The van der Waals surface area contributed by atoms with Crippen LogP contribution in [-0.4, -0.2) is 64.8 Å². The fourth-order valence-electron chi connectivity index (χ4n) is 6.74. The second-order valence-corrected chi connectivity index (χ2v) is 10.3. The van der Waals surface area contributed by atoms with Gasteiger partial charge < -0.3 is 15.1 Å². The lowest BCUT2D eigenvalue weighted by molar-refractivity contribution is -0.384. The Morgan fingerprint density at radius 3 is 2.03 bits per heavy atom. The lowest BCUT2D eigenvalue weighted by Crippen LogP contribution is -2.61. The number of amides is 2. The number of carbonyl (C=O) groups is 2. The molecule has 4 saturated carbocycles. The highest BCUT2D eigenvalue weighted by atomic mass is 16.6. The minimum atomic E-state index is -0.481. The lowest BCUT2D eigenvalue weighted by Gasteiger charge is -2.57. The Morgan fingerprint density at radius 2 is 1.55 bits per heavy atom. The maximum absolute atomic E-state index is 13.3. The van der Waals surface area contributed by atoms with Gasteiger partial charge in [-0.1, -0.05) is 13.8 Å². The van der Waals surface area contributed by atoms with Crippen LogP contribution in [0, 0.1) is 27.9 Å². The summed E-state index contributed by atoms with van der Waals surface area (Å²) in [6, 6.07) is 5.63. The first-order valence-corrected chi connectivity index (χ1v) is 12.4. The number of benzene rings is 1. The molecular formula is C25H36N4O4. The maximum Gasteiger partial charge on any atom is 0.269 e. The molecule has 2 amide bonds. The number of nitro groups is 1. The molecule has 4 fully saturated rings. The molecule has 0 heterocycles. The topological polar surface area (TPSA) is 95.8 Å². The highest BCUT2D eigenvalue weighted by Crippen LogP contribution is 2.55. The molecule has 180 valence electrons.